The molecule has 2 atom stereocenters. The van der Waals surface area contributed by atoms with Crippen molar-refractivity contribution < 1.29 is 22.8 Å². The Labute approximate surface area is 179 Å². The van der Waals surface area contributed by atoms with Gasteiger partial charge in [-0.25, -0.2) is 0 Å². The average molecular weight is 430 g/mol. The van der Waals surface area contributed by atoms with Crippen molar-refractivity contribution in [2.24, 2.45) is 5.92 Å². The third kappa shape index (κ3) is 4.37. The van der Waals surface area contributed by atoms with E-state index in [9.17, 15) is 18.0 Å². The summed E-state index contributed by atoms with van der Waals surface area (Å²) in [7, 11) is 0. The first kappa shape index (κ1) is 21.6. The number of carbonyl (C=O) groups excluding carboxylic acids is 2. The van der Waals surface area contributed by atoms with Crippen LogP contribution in [0.3, 0.4) is 0 Å². The molecule has 5 rings (SSSR count). The van der Waals surface area contributed by atoms with Crippen LogP contribution < -0.4 is 10.2 Å². The zero-order valence-electron chi connectivity index (χ0n) is 17.3. The van der Waals surface area contributed by atoms with E-state index in [4.69, 9.17) is 4.79 Å². The molecule has 0 aromatic heterocycles. The van der Waals surface area contributed by atoms with Gasteiger partial charge in [0.05, 0.1) is 0 Å². The zero-order valence-corrected chi connectivity index (χ0v) is 17.3. The lowest BCUT2D eigenvalue weighted by molar-refractivity contribution is -0.156. The summed E-state index contributed by atoms with van der Waals surface area (Å²) >= 11 is 0. The van der Waals surface area contributed by atoms with Crippen LogP contribution >= 0.6 is 0 Å². The number of halogens is 3. The Morgan fingerprint density at radius 1 is 1.13 bits per heavy atom. The number of nitrogens with one attached hydrogen (secondary N) is 1. The second-order valence-electron chi connectivity index (χ2n) is 8.52. The van der Waals surface area contributed by atoms with Gasteiger partial charge >= 0.3 is 6.18 Å². The average Bonchev–Trinajstić information content (AvgIpc) is 3.22. The van der Waals surface area contributed by atoms with E-state index >= 15 is 0 Å². The van der Waals surface area contributed by atoms with Gasteiger partial charge in [0.15, 0.2) is 6.29 Å². The number of alkyl halides is 3. The minimum atomic E-state index is -4.64. The summed E-state index contributed by atoms with van der Waals surface area (Å²) in [5, 5.41) is 3.60. The number of hydrogen-bond acceptors (Lipinski definition) is 4. The van der Waals surface area contributed by atoms with Crippen LogP contribution in [0.5, 0.6) is 0 Å². The molecule has 3 aliphatic rings. The molecule has 31 heavy (non-hydrogen) atoms. The highest BCUT2D eigenvalue weighted by atomic mass is 19.4. The molecule has 1 fully saturated rings. The monoisotopic (exact) mass is 430 g/mol. The summed E-state index contributed by atoms with van der Waals surface area (Å²) in [6.45, 7) is 6.64. The number of aldehydes is 2. The van der Waals surface area contributed by atoms with Crippen molar-refractivity contribution in [2.75, 3.05) is 31.1 Å². The van der Waals surface area contributed by atoms with E-state index in [1.165, 1.54) is 41.9 Å². The van der Waals surface area contributed by atoms with E-state index in [0.717, 1.165) is 48.4 Å². The van der Waals surface area contributed by atoms with Crippen LogP contribution in [-0.2, 0) is 11.2 Å². The fourth-order valence-electron chi connectivity index (χ4n) is 5.10. The Hall–Kier alpha value is -2.67. The quantitative estimate of drug-likeness (QED) is 0.723. The molecule has 0 aliphatic carbocycles. The van der Waals surface area contributed by atoms with Crippen molar-refractivity contribution in [3.8, 4) is 11.1 Å². The van der Waals surface area contributed by atoms with Gasteiger partial charge in [0.2, 0.25) is 6.29 Å². The van der Waals surface area contributed by atoms with Crippen LogP contribution in [0.2, 0.25) is 0 Å². The summed E-state index contributed by atoms with van der Waals surface area (Å²) in [6, 6.07) is 10.9. The first-order valence-electron chi connectivity index (χ1n) is 10.5. The Morgan fingerprint density at radius 3 is 2.61 bits per heavy atom. The molecule has 1 saturated heterocycles. The molecule has 0 radical (unpaired) electrons. The highest BCUT2D eigenvalue weighted by Crippen LogP contribution is 2.46. The zero-order chi connectivity index (χ0) is 22.2. The van der Waals surface area contributed by atoms with Gasteiger partial charge in [0.25, 0.3) is 0 Å². The minimum Gasteiger partial charge on any atom is -0.371 e. The van der Waals surface area contributed by atoms with Crippen LogP contribution in [0.25, 0.3) is 11.1 Å². The summed E-state index contributed by atoms with van der Waals surface area (Å²) in [4.78, 5) is 22.9. The van der Waals surface area contributed by atoms with E-state index in [-0.39, 0.29) is 0 Å². The van der Waals surface area contributed by atoms with Crippen molar-refractivity contribution in [1.29, 1.82) is 0 Å². The maximum atomic E-state index is 11.6. The van der Waals surface area contributed by atoms with E-state index in [0.29, 0.717) is 5.92 Å². The molecule has 0 spiro atoms. The predicted octanol–water partition coefficient (Wildman–Crippen LogP) is 4.29. The number of aryl methyl sites for hydroxylation is 2. The topological polar surface area (TPSA) is 49.4 Å². The fraction of sp³-hybridized carbons (Fsp3) is 0.417. The lowest BCUT2D eigenvalue weighted by atomic mass is 9.78. The molecule has 0 amide bonds. The molecule has 0 unspecified atom stereocenters. The number of anilines is 1. The third-order valence-corrected chi connectivity index (χ3v) is 6.38. The van der Waals surface area contributed by atoms with Gasteiger partial charge in [0.1, 0.15) is 0 Å². The maximum absolute atomic E-state index is 11.6. The molecule has 7 heteroatoms. The normalized spacial score (nSPS) is 21.5. The number of carbonyl (C=O) groups is 2. The first-order chi connectivity index (χ1) is 14.8. The number of fused-ring (bicyclic) bond motifs is 2. The molecule has 2 aromatic rings. The van der Waals surface area contributed by atoms with Crippen molar-refractivity contribution in [3.05, 3.63) is 52.6 Å². The Balaban J connectivity index is 0.000000342. The standard InChI is InChI=1S/C22H24N2O.C2HF3O/c1-14-4-5-19(17(7-14)13-25)16-8-15-3-2-6-24-12-18-10-23-11-21(18)20(9-16)22(15)24;3-2(4,5)1-6/h4-5,7-9,13,18,21,23H,2-3,6,10-12H2,1H3;1H/t18-,21-;/m1./s1. The predicted molar refractivity (Wildman–Crippen MR) is 114 cm³/mol. The molecule has 0 bridgehead atoms. The van der Waals surface area contributed by atoms with Crippen LogP contribution in [-0.4, -0.2) is 44.9 Å². The van der Waals surface area contributed by atoms with Gasteiger partial charge in [-0.1, -0.05) is 17.7 Å². The second-order valence-corrected chi connectivity index (χ2v) is 8.52. The lowest BCUT2D eigenvalue weighted by Gasteiger charge is -2.42. The molecule has 3 heterocycles. The number of rotatable bonds is 2. The lowest BCUT2D eigenvalue weighted by Crippen LogP contribution is -2.41. The number of benzene rings is 2. The van der Waals surface area contributed by atoms with Crippen molar-refractivity contribution in [2.45, 2.75) is 31.9 Å². The van der Waals surface area contributed by atoms with Crippen molar-refractivity contribution >= 4 is 18.3 Å². The number of nitrogens with zero attached hydrogens (tertiary/aromatic N) is 1. The maximum Gasteiger partial charge on any atom is 0.446 e. The van der Waals surface area contributed by atoms with Gasteiger partial charge in [-0.2, -0.15) is 13.2 Å². The summed E-state index contributed by atoms with van der Waals surface area (Å²) in [6.07, 6.45) is -2.32. The molecular weight excluding hydrogens is 405 g/mol. The summed E-state index contributed by atoms with van der Waals surface area (Å²) in [5.41, 5.74) is 8.70. The van der Waals surface area contributed by atoms with Crippen LogP contribution in [0.1, 0.15) is 39.4 Å². The molecule has 0 saturated carbocycles. The smallest absolute Gasteiger partial charge is 0.371 e. The fourth-order valence-corrected chi connectivity index (χ4v) is 5.10. The SMILES string of the molecule is Cc1ccc(-c2cc3c4c(c2)[C@@H]2CNC[C@@H]2CN4CCC3)c(C=O)c1.O=CC(F)(F)F. The molecule has 2 aromatic carbocycles. The largest absolute Gasteiger partial charge is 0.446 e. The van der Waals surface area contributed by atoms with Gasteiger partial charge in [0, 0.05) is 43.3 Å². The Kier molecular flexibility index (Phi) is 5.88. The molecule has 4 nitrogen and oxygen atoms in total. The molecule has 1 N–H and O–H groups in total. The highest BCUT2D eigenvalue weighted by molar-refractivity contribution is 5.89. The van der Waals surface area contributed by atoms with Crippen LogP contribution in [0, 0.1) is 12.8 Å². The second kappa shape index (κ2) is 8.46. The Morgan fingerprint density at radius 2 is 1.90 bits per heavy atom. The summed E-state index contributed by atoms with van der Waals surface area (Å²) in [5.74, 6) is 1.34. The van der Waals surface area contributed by atoms with Gasteiger partial charge < -0.3 is 10.2 Å². The minimum absolute atomic E-state index is 0.619. The Bertz CT molecular complexity index is 1000. The van der Waals surface area contributed by atoms with E-state index in [1.807, 2.05) is 13.0 Å². The van der Waals surface area contributed by atoms with Gasteiger partial charge in [-0.15, -0.1) is 0 Å². The van der Waals surface area contributed by atoms with Gasteiger partial charge in [-0.3, -0.25) is 9.59 Å². The summed E-state index contributed by atoms with van der Waals surface area (Å²) < 4.78 is 31.2. The molecule has 164 valence electrons. The third-order valence-electron chi connectivity index (χ3n) is 6.38. The van der Waals surface area contributed by atoms with Crippen molar-refractivity contribution in [3.63, 3.8) is 0 Å². The van der Waals surface area contributed by atoms with E-state index in [2.05, 4.69) is 34.5 Å². The van der Waals surface area contributed by atoms with Crippen molar-refractivity contribution in [1.82, 2.24) is 5.32 Å². The van der Waals surface area contributed by atoms with Gasteiger partial charge in [-0.05, 0) is 66.1 Å². The van der Waals surface area contributed by atoms with E-state index < -0.39 is 12.5 Å². The highest BCUT2D eigenvalue weighted by Gasteiger charge is 2.39. The number of hydrogen-bond donors (Lipinski definition) is 1. The van der Waals surface area contributed by atoms with Crippen LogP contribution in [0.15, 0.2) is 30.3 Å². The first-order valence-corrected chi connectivity index (χ1v) is 10.5. The molecule has 3 aliphatic heterocycles. The van der Waals surface area contributed by atoms with E-state index in [1.54, 1.807) is 0 Å². The molecular formula is C24H25F3N2O2. The van der Waals surface area contributed by atoms with Crippen LogP contribution in [0.4, 0.5) is 18.9 Å².